The Balaban J connectivity index is 2.64. The van der Waals surface area contributed by atoms with E-state index < -0.39 is 0 Å². The van der Waals surface area contributed by atoms with Crippen LogP contribution in [-0.4, -0.2) is 18.1 Å². The van der Waals surface area contributed by atoms with E-state index in [1.165, 1.54) is 6.07 Å². The summed E-state index contributed by atoms with van der Waals surface area (Å²) in [5.74, 6) is 0.192. The van der Waals surface area contributed by atoms with Gasteiger partial charge in [-0.25, -0.2) is 0 Å². The first-order valence-electron chi connectivity index (χ1n) is 3.81. The minimum Gasteiger partial charge on any atom is -0.508 e. The van der Waals surface area contributed by atoms with Gasteiger partial charge in [0.25, 0.3) is 0 Å². The Hall–Kier alpha value is -1.22. The maximum Gasteiger partial charge on any atom is 0.309 e. The number of aromatic hydroxyl groups is 1. The summed E-state index contributed by atoms with van der Waals surface area (Å²) in [4.78, 5) is 9.82. The molecule has 0 aliphatic carbocycles. The quantitative estimate of drug-likeness (QED) is 0.565. The van der Waals surface area contributed by atoms with E-state index in [2.05, 4.69) is 5.32 Å². The molecule has 0 heterocycles. The lowest BCUT2D eigenvalue weighted by atomic mass is 10.1. The second-order valence-corrected chi connectivity index (χ2v) is 2.99. The fourth-order valence-electron chi connectivity index (χ4n) is 1.00. The lowest BCUT2D eigenvalue weighted by Gasteiger charge is -2.03. The molecular formula is C9H9ClNO2. The highest BCUT2D eigenvalue weighted by Crippen LogP contribution is 2.21. The molecule has 4 heteroatoms. The predicted octanol–water partition coefficient (Wildman–Crippen LogP) is 1.24. The maximum absolute atomic E-state index is 9.82. The van der Waals surface area contributed by atoms with Crippen LogP contribution in [0.5, 0.6) is 5.75 Å². The molecule has 1 radical (unpaired) electrons. The third-order valence-corrected chi connectivity index (χ3v) is 1.87. The van der Waals surface area contributed by atoms with Gasteiger partial charge in [-0.2, -0.15) is 0 Å². The van der Waals surface area contributed by atoms with E-state index in [4.69, 9.17) is 11.6 Å². The largest absolute Gasteiger partial charge is 0.508 e. The molecule has 0 bridgehead atoms. The summed E-state index contributed by atoms with van der Waals surface area (Å²) in [6, 6.07) is 4.81. The topological polar surface area (TPSA) is 49.3 Å². The molecule has 0 saturated heterocycles. The van der Waals surface area contributed by atoms with E-state index in [1.54, 1.807) is 18.5 Å². The van der Waals surface area contributed by atoms with E-state index in [-0.39, 0.29) is 5.75 Å². The van der Waals surface area contributed by atoms with Crippen LogP contribution >= 0.6 is 11.6 Å². The molecule has 13 heavy (non-hydrogen) atoms. The number of carbonyl (C=O) groups excluding carboxylic acids is 1. The number of hydrogen-bond acceptors (Lipinski definition) is 2. The van der Waals surface area contributed by atoms with E-state index in [0.29, 0.717) is 18.0 Å². The van der Waals surface area contributed by atoms with E-state index >= 15 is 0 Å². The molecule has 0 spiro atoms. The molecule has 1 aromatic rings. The number of nitrogens with one attached hydrogen (secondary N) is 1. The zero-order valence-corrected chi connectivity index (χ0v) is 7.64. The zero-order valence-electron chi connectivity index (χ0n) is 6.88. The van der Waals surface area contributed by atoms with E-state index in [0.717, 1.165) is 5.56 Å². The Labute approximate surface area is 81.3 Å². The SMILES string of the molecule is O=[C]NCCc1cc(Cl)ccc1O. The van der Waals surface area contributed by atoms with Crippen molar-refractivity contribution in [3.63, 3.8) is 0 Å². The first-order chi connectivity index (χ1) is 6.24. The molecule has 0 saturated carbocycles. The summed E-state index contributed by atoms with van der Waals surface area (Å²) in [7, 11) is 0. The van der Waals surface area contributed by atoms with Crippen molar-refractivity contribution in [2.45, 2.75) is 6.42 Å². The lowest BCUT2D eigenvalue weighted by Crippen LogP contribution is -2.14. The number of halogens is 1. The number of phenolic OH excluding ortho intramolecular Hbond substituents is 1. The highest BCUT2D eigenvalue weighted by molar-refractivity contribution is 6.30. The molecule has 2 N–H and O–H groups in total. The first kappa shape index (κ1) is 9.86. The van der Waals surface area contributed by atoms with Crippen LogP contribution in [-0.2, 0) is 11.2 Å². The van der Waals surface area contributed by atoms with Crippen LogP contribution in [0, 0.1) is 0 Å². The zero-order chi connectivity index (χ0) is 9.68. The van der Waals surface area contributed by atoms with Gasteiger partial charge in [-0.05, 0) is 30.2 Å². The highest BCUT2D eigenvalue weighted by atomic mass is 35.5. The molecule has 0 fully saturated rings. The summed E-state index contributed by atoms with van der Waals surface area (Å²) in [6.45, 7) is 0.442. The molecule has 1 rings (SSSR count). The van der Waals surface area contributed by atoms with Gasteiger partial charge in [-0.3, -0.25) is 4.79 Å². The van der Waals surface area contributed by atoms with Crippen molar-refractivity contribution in [2.24, 2.45) is 0 Å². The van der Waals surface area contributed by atoms with Crippen molar-refractivity contribution in [3.05, 3.63) is 28.8 Å². The molecule has 0 aliphatic heterocycles. The average Bonchev–Trinajstić information content (AvgIpc) is 2.11. The van der Waals surface area contributed by atoms with Gasteiger partial charge < -0.3 is 10.4 Å². The van der Waals surface area contributed by atoms with Crippen molar-refractivity contribution in [1.82, 2.24) is 5.32 Å². The third-order valence-electron chi connectivity index (χ3n) is 1.63. The van der Waals surface area contributed by atoms with Gasteiger partial charge in [0.2, 0.25) is 0 Å². The summed E-state index contributed by atoms with van der Waals surface area (Å²) >= 11 is 5.72. The lowest BCUT2D eigenvalue weighted by molar-refractivity contribution is 0.467. The Morgan fingerprint density at radius 1 is 1.54 bits per heavy atom. The van der Waals surface area contributed by atoms with Gasteiger partial charge in [0.1, 0.15) is 5.75 Å². The number of phenols is 1. The van der Waals surface area contributed by atoms with Crippen molar-refractivity contribution in [2.75, 3.05) is 6.54 Å². The Morgan fingerprint density at radius 2 is 2.31 bits per heavy atom. The first-order valence-corrected chi connectivity index (χ1v) is 4.19. The Morgan fingerprint density at radius 3 is 3.00 bits per heavy atom. The summed E-state index contributed by atoms with van der Waals surface area (Å²) in [6.07, 6.45) is 2.10. The Kier molecular flexibility index (Phi) is 3.58. The van der Waals surface area contributed by atoms with Crippen LogP contribution in [0.25, 0.3) is 0 Å². The number of amides is 1. The molecule has 0 aromatic heterocycles. The van der Waals surface area contributed by atoms with Crippen LogP contribution in [0.4, 0.5) is 0 Å². The predicted molar refractivity (Wildman–Crippen MR) is 50.5 cm³/mol. The second kappa shape index (κ2) is 4.72. The van der Waals surface area contributed by atoms with Crippen LogP contribution < -0.4 is 5.32 Å². The minimum atomic E-state index is 0.192. The maximum atomic E-state index is 9.82. The number of benzene rings is 1. The molecule has 1 amide bonds. The van der Waals surface area contributed by atoms with Crippen LogP contribution in [0.1, 0.15) is 5.56 Å². The van der Waals surface area contributed by atoms with Crippen molar-refractivity contribution in [1.29, 1.82) is 0 Å². The summed E-state index contributed by atoms with van der Waals surface area (Å²) < 4.78 is 0. The third kappa shape index (κ3) is 2.95. The smallest absolute Gasteiger partial charge is 0.309 e. The number of rotatable bonds is 4. The van der Waals surface area contributed by atoms with Crippen molar-refractivity contribution in [3.8, 4) is 5.75 Å². The van der Waals surface area contributed by atoms with E-state index in [9.17, 15) is 9.90 Å². The van der Waals surface area contributed by atoms with Crippen molar-refractivity contribution < 1.29 is 9.90 Å². The molecule has 0 aliphatic rings. The second-order valence-electron chi connectivity index (χ2n) is 2.55. The van der Waals surface area contributed by atoms with Gasteiger partial charge in [0.15, 0.2) is 0 Å². The standard InChI is InChI=1S/C9H9ClNO2/c10-8-1-2-9(13)7(5-8)3-4-11-6-12/h1-2,5,13H,3-4H2,(H,11,12). The molecule has 1 aromatic carbocycles. The molecule has 0 unspecified atom stereocenters. The molecule has 0 atom stereocenters. The fourth-order valence-corrected chi connectivity index (χ4v) is 1.20. The van der Waals surface area contributed by atoms with Crippen molar-refractivity contribution >= 4 is 18.0 Å². The van der Waals surface area contributed by atoms with Crippen LogP contribution in [0.15, 0.2) is 18.2 Å². The van der Waals surface area contributed by atoms with Gasteiger partial charge in [-0.1, -0.05) is 11.6 Å². The fraction of sp³-hybridized carbons (Fsp3) is 0.222. The molecular weight excluding hydrogens is 190 g/mol. The molecule has 3 nitrogen and oxygen atoms in total. The van der Waals surface area contributed by atoms with Gasteiger partial charge >= 0.3 is 6.41 Å². The van der Waals surface area contributed by atoms with Crippen LogP contribution in [0.2, 0.25) is 5.02 Å². The molecule has 69 valence electrons. The normalized spacial score (nSPS) is 9.62. The highest BCUT2D eigenvalue weighted by Gasteiger charge is 2.00. The number of hydrogen-bond donors (Lipinski definition) is 2. The van der Waals surface area contributed by atoms with Gasteiger partial charge in [0, 0.05) is 11.6 Å². The summed E-state index contributed by atoms with van der Waals surface area (Å²) in [5, 5.41) is 12.3. The summed E-state index contributed by atoms with van der Waals surface area (Å²) in [5.41, 5.74) is 0.718. The van der Waals surface area contributed by atoms with Crippen LogP contribution in [0.3, 0.4) is 0 Å². The average molecular weight is 199 g/mol. The van der Waals surface area contributed by atoms with Gasteiger partial charge in [-0.15, -0.1) is 0 Å². The van der Waals surface area contributed by atoms with Gasteiger partial charge in [0.05, 0.1) is 0 Å². The Bertz CT molecular complexity index is 302. The minimum absolute atomic E-state index is 0.192. The monoisotopic (exact) mass is 198 g/mol. The van der Waals surface area contributed by atoms with E-state index in [1.807, 2.05) is 0 Å².